The van der Waals surface area contributed by atoms with Crippen molar-refractivity contribution >= 4 is 44.2 Å². The maximum absolute atomic E-state index is 14.1. The summed E-state index contributed by atoms with van der Waals surface area (Å²) in [6, 6.07) is 19.7. The van der Waals surface area contributed by atoms with Gasteiger partial charge in [-0.2, -0.15) is 17.5 Å². The molecular weight excluding hydrogens is 641 g/mol. The van der Waals surface area contributed by atoms with Gasteiger partial charge in [0.15, 0.2) is 0 Å². The number of benzene rings is 3. The summed E-state index contributed by atoms with van der Waals surface area (Å²) in [5.41, 5.74) is 13.9. The van der Waals surface area contributed by atoms with Crippen LogP contribution in [-0.4, -0.2) is 71.3 Å². The Morgan fingerprint density at radius 1 is 1.11 bits per heavy atom. The van der Waals surface area contributed by atoms with Crippen molar-refractivity contribution in [1.29, 1.82) is 5.41 Å². The second-order valence-corrected chi connectivity index (χ2v) is 12.3. The number of amides is 1. The number of hydrogen-bond donors (Lipinski definition) is 4. The lowest BCUT2D eigenvalue weighted by atomic mass is 10.1. The van der Waals surface area contributed by atoms with Gasteiger partial charge in [0.1, 0.15) is 17.6 Å². The highest BCUT2D eigenvalue weighted by molar-refractivity contribution is 7.89. The molecule has 0 spiro atoms. The maximum atomic E-state index is 14.1. The number of anilines is 1. The minimum absolute atomic E-state index is 0.0640. The molecule has 0 aliphatic carbocycles. The van der Waals surface area contributed by atoms with Crippen LogP contribution < -0.4 is 16.2 Å². The van der Waals surface area contributed by atoms with Gasteiger partial charge in [-0.05, 0) is 77.4 Å². The Labute approximate surface area is 267 Å². The van der Waals surface area contributed by atoms with Crippen molar-refractivity contribution in [3.63, 3.8) is 0 Å². The zero-order valence-corrected chi connectivity index (χ0v) is 25.8. The second kappa shape index (κ2) is 14.0. The number of nitrogens with zero attached hydrogens (tertiary/aromatic N) is 3. The first-order valence-corrected chi connectivity index (χ1v) is 15.4. The number of likely N-dealkylation sites (tertiary alicyclic amines) is 1. The molecule has 1 aliphatic rings. The van der Waals surface area contributed by atoms with Crippen LogP contribution in [-0.2, 0) is 32.7 Å². The van der Waals surface area contributed by atoms with Gasteiger partial charge in [0, 0.05) is 30.5 Å². The summed E-state index contributed by atoms with van der Waals surface area (Å²) < 4.78 is 66.6. The van der Waals surface area contributed by atoms with E-state index >= 15 is 0 Å². The van der Waals surface area contributed by atoms with Crippen LogP contribution in [0.1, 0.15) is 23.2 Å². The van der Waals surface area contributed by atoms with Crippen molar-refractivity contribution in [3.8, 4) is 5.75 Å². The van der Waals surface area contributed by atoms with Crippen LogP contribution in [0.25, 0.3) is 10.8 Å². The van der Waals surface area contributed by atoms with E-state index in [4.69, 9.17) is 31.5 Å². The lowest BCUT2D eigenvalue weighted by molar-refractivity contribution is -0.192. The van der Waals surface area contributed by atoms with Gasteiger partial charge < -0.3 is 26.2 Å². The minimum atomic E-state index is -5.08. The summed E-state index contributed by atoms with van der Waals surface area (Å²) in [7, 11) is -2.56. The van der Waals surface area contributed by atoms with E-state index in [1.807, 2.05) is 12.1 Å². The third-order valence-electron chi connectivity index (χ3n) is 7.34. The van der Waals surface area contributed by atoms with E-state index in [0.29, 0.717) is 46.6 Å². The summed E-state index contributed by atoms with van der Waals surface area (Å²) in [4.78, 5) is 28.6. The van der Waals surface area contributed by atoms with Gasteiger partial charge in [-0.25, -0.2) is 13.2 Å². The highest BCUT2D eigenvalue weighted by Gasteiger charge is 2.42. The number of methoxy groups -OCH3 is 1. The van der Waals surface area contributed by atoms with Crippen LogP contribution in [0.2, 0.25) is 0 Å². The zero-order chi connectivity index (χ0) is 34.5. The molecule has 3 aromatic carbocycles. The van der Waals surface area contributed by atoms with Crippen LogP contribution >= 0.6 is 0 Å². The monoisotopic (exact) mass is 672 g/mol. The molecule has 2 heterocycles. The van der Waals surface area contributed by atoms with Crippen molar-refractivity contribution in [2.45, 2.75) is 36.6 Å². The number of carbonyl (C=O) groups excluding carboxylic acids is 1. The summed E-state index contributed by atoms with van der Waals surface area (Å²) >= 11 is 0. The molecule has 1 amide bonds. The van der Waals surface area contributed by atoms with E-state index in [2.05, 4.69) is 4.98 Å². The Balaban J connectivity index is 0.000000644. The highest BCUT2D eigenvalue weighted by Crippen LogP contribution is 2.31. The van der Waals surface area contributed by atoms with Crippen LogP contribution in [0.4, 0.5) is 18.9 Å². The lowest BCUT2D eigenvalue weighted by Gasteiger charge is -2.27. The Bertz CT molecular complexity index is 1910. The number of nitrogens with one attached hydrogen (secondary N) is 1. The molecule has 0 saturated carbocycles. The molecule has 1 aliphatic heterocycles. The number of fused-ring (bicyclic) bond motifs is 1. The zero-order valence-electron chi connectivity index (χ0n) is 24.9. The smallest absolute Gasteiger partial charge is 0.490 e. The molecule has 0 bridgehead atoms. The number of hydrogen-bond acceptors (Lipinski definition) is 8. The molecule has 5 rings (SSSR count). The van der Waals surface area contributed by atoms with Gasteiger partial charge in [0.2, 0.25) is 15.9 Å². The van der Waals surface area contributed by atoms with Crippen molar-refractivity contribution in [2.75, 3.05) is 19.4 Å². The first-order chi connectivity index (χ1) is 22.1. The normalized spacial score (nSPS) is 15.0. The molecule has 1 aromatic heterocycles. The number of nitrogen functional groups attached to an aromatic ring is 2. The molecule has 16 heteroatoms. The number of carboxylic acids is 1. The molecule has 1 saturated heterocycles. The van der Waals surface area contributed by atoms with Crippen molar-refractivity contribution in [3.05, 3.63) is 95.8 Å². The lowest BCUT2D eigenvalue weighted by Crippen LogP contribution is -2.44. The molecule has 0 radical (unpaired) electrons. The number of alkyl halides is 3. The average Bonchev–Trinajstić information content (AvgIpc) is 3.39. The fraction of sp³-hybridized carbons (Fsp3) is 0.226. The summed E-state index contributed by atoms with van der Waals surface area (Å²) in [6.07, 6.45) is -3.19. The highest BCUT2D eigenvalue weighted by atomic mass is 32.2. The van der Waals surface area contributed by atoms with Gasteiger partial charge >= 0.3 is 12.1 Å². The number of carbonyl (C=O) groups is 2. The SMILES string of the molecule is COc1ccc2ccc(S(=O)(=O)N(Cc3ccccn3)[C@H]3CCN(Cc4cc(C(=N)N)ccc4N)C3=O)cc2c1.O=C(O)C(F)(F)F. The van der Waals surface area contributed by atoms with Gasteiger partial charge in [0.05, 0.1) is 24.2 Å². The van der Waals surface area contributed by atoms with Gasteiger partial charge in [-0.3, -0.25) is 15.2 Å². The average molecular weight is 673 g/mol. The molecule has 6 N–H and O–H groups in total. The molecule has 4 aromatic rings. The summed E-state index contributed by atoms with van der Waals surface area (Å²) in [5, 5.41) is 16.4. The first-order valence-electron chi connectivity index (χ1n) is 13.9. The number of aliphatic carboxylic acids is 1. The quantitative estimate of drug-likeness (QED) is 0.116. The van der Waals surface area contributed by atoms with Gasteiger partial charge in [0.25, 0.3) is 0 Å². The van der Waals surface area contributed by atoms with E-state index in [-0.39, 0.29) is 29.7 Å². The maximum Gasteiger partial charge on any atom is 0.490 e. The Kier molecular flexibility index (Phi) is 10.4. The van der Waals surface area contributed by atoms with Crippen molar-refractivity contribution in [1.82, 2.24) is 14.2 Å². The number of aromatic nitrogens is 1. The predicted octanol–water partition coefficient (Wildman–Crippen LogP) is 3.73. The number of nitrogens with two attached hydrogens (primary N) is 2. The van der Waals surface area contributed by atoms with Crippen molar-refractivity contribution in [2.24, 2.45) is 5.73 Å². The number of halogens is 3. The largest absolute Gasteiger partial charge is 0.497 e. The standard InChI is InChI=1S/C29H30N6O4S.C2HF3O2/c1-39-24-8-5-19-6-9-25(16-21(19)15-24)40(37,38)35(18-23-4-2-3-12-33-23)27-11-13-34(29(27)36)17-22-14-20(28(31)32)7-10-26(22)30;3-2(4,5)1(6)7/h2-10,12,14-16,27H,11,13,17-18,30H2,1H3,(H3,31,32);(H,6,7)/t27-;/m0./s1. The number of ether oxygens (including phenoxy) is 1. The molecule has 1 atom stereocenters. The number of pyridine rings is 1. The summed E-state index contributed by atoms with van der Waals surface area (Å²) in [6.45, 7) is 0.456. The van der Waals surface area contributed by atoms with Gasteiger partial charge in [-0.1, -0.05) is 18.2 Å². The Morgan fingerprint density at radius 2 is 1.81 bits per heavy atom. The van der Waals surface area contributed by atoms with Crippen LogP contribution in [0.15, 0.2) is 83.9 Å². The van der Waals surface area contributed by atoms with Crippen LogP contribution in [0, 0.1) is 5.41 Å². The topological polar surface area (TPSA) is 193 Å². The Hall–Kier alpha value is -5.22. The number of sulfonamides is 1. The van der Waals surface area contributed by atoms with E-state index in [1.54, 1.807) is 78.9 Å². The molecule has 248 valence electrons. The number of carboxylic acid groups (broad SMARTS) is 1. The third-order valence-corrected chi connectivity index (χ3v) is 9.19. The fourth-order valence-corrected chi connectivity index (χ4v) is 6.52. The van der Waals surface area contributed by atoms with E-state index in [0.717, 1.165) is 5.39 Å². The molecular formula is C31H31F3N6O6S. The second-order valence-electron chi connectivity index (χ2n) is 10.4. The van der Waals surface area contributed by atoms with Gasteiger partial charge in [-0.15, -0.1) is 0 Å². The van der Waals surface area contributed by atoms with Crippen molar-refractivity contribution < 1.29 is 41.0 Å². The van der Waals surface area contributed by atoms with Crippen LogP contribution in [0.5, 0.6) is 5.75 Å². The molecule has 0 unspecified atom stereocenters. The minimum Gasteiger partial charge on any atom is -0.497 e. The summed E-state index contributed by atoms with van der Waals surface area (Å²) in [5.74, 6) is -2.57. The Morgan fingerprint density at radius 3 is 2.43 bits per heavy atom. The van der Waals surface area contributed by atoms with Crippen LogP contribution in [0.3, 0.4) is 0 Å². The molecule has 1 fully saturated rings. The van der Waals surface area contributed by atoms with E-state index in [1.165, 1.54) is 4.31 Å². The van der Waals surface area contributed by atoms with E-state index in [9.17, 15) is 26.4 Å². The molecule has 12 nitrogen and oxygen atoms in total. The number of amidine groups is 1. The fourth-order valence-electron chi connectivity index (χ4n) is 4.90. The predicted molar refractivity (Wildman–Crippen MR) is 167 cm³/mol. The first kappa shape index (κ1) is 34.6. The third kappa shape index (κ3) is 8.14. The van der Waals surface area contributed by atoms with E-state index < -0.39 is 28.2 Å². The molecule has 47 heavy (non-hydrogen) atoms. The number of rotatable bonds is 9.